The van der Waals surface area contributed by atoms with Crippen molar-refractivity contribution in [2.24, 2.45) is 5.92 Å². The van der Waals surface area contributed by atoms with Crippen molar-refractivity contribution in [2.45, 2.75) is 20.3 Å². The van der Waals surface area contributed by atoms with Crippen LogP contribution in [0.3, 0.4) is 0 Å². The summed E-state index contributed by atoms with van der Waals surface area (Å²) in [5.74, 6) is -1.21. The second kappa shape index (κ2) is 3.98. The summed E-state index contributed by atoms with van der Waals surface area (Å²) >= 11 is 0. The molecule has 0 aromatic carbocycles. The molecule has 0 radical (unpaired) electrons. The number of aliphatic carboxylic acids is 1. The lowest BCUT2D eigenvalue weighted by atomic mass is 10.1. The van der Waals surface area contributed by atoms with E-state index < -0.39 is 11.9 Å². The highest BCUT2D eigenvalue weighted by Crippen LogP contribution is 2.05. The smallest absolute Gasteiger partial charge is 0.306 e. The van der Waals surface area contributed by atoms with Crippen LogP contribution in [0.5, 0.6) is 0 Å². The molecule has 4 nitrogen and oxygen atoms in total. The summed E-state index contributed by atoms with van der Waals surface area (Å²) in [5.41, 5.74) is 1.55. The van der Waals surface area contributed by atoms with Crippen LogP contribution >= 0.6 is 0 Å². The lowest BCUT2D eigenvalue weighted by Gasteiger charge is -2.04. The van der Waals surface area contributed by atoms with Gasteiger partial charge in [0.05, 0.1) is 17.3 Å². The van der Waals surface area contributed by atoms with Gasteiger partial charge in [0.25, 0.3) is 0 Å². The zero-order valence-electron chi connectivity index (χ0n) is 7.69. The van der Waals surface area contributed by atoms with Gasteiger partial charge in [-0.05, 0) is 6.92 Å². The molecule has 0 aliphatic heterocycles. The van der Waals surface area contributed by atoms with Crippen LogP contribution < -0.4 is 0 Å². The first-order valence-corrected chi connectivity index (χ1v) is 4.10. The van der Waals surface area contributed by atoms with Gasteiger partial charge in [-0.3, -0.25) is 14.8 Å². The van der Waals surface area contributed by atoms with Crippen LogP contribution in [-0.4, -0.2) is 21.0 Å². The Morgan fingerprint density at radius 2 is 2.31 bits per heavy atom. The maximum Gasteiger partial charge on any atom is 0.306 e. The molecule has 0 spiro atoms. The molecule has 1 aromatic heterocycles. The third kappa shape index (κ3) is 2.82. The molecule has 0 saturated heterocycles. The number of nitrogens with zero attached hydrogens (tertiary/aromatic N) is 2. The van der Waals surface area contributed by atoms with Crippen LogP contribution in [0, 0.1) is 12.8 Å². The minimum absolute atomic E-state index is 0.406. The third-order valence-corrected chi connectivity index (χ3v) is 1.74. The van der Waals surface area contributed by atoms with E-state index in [-0.39, 0.29) is 0 Å². The van der Waals surface area contributed by atoms with Gasteiger partial charge >= 0.3 is 5.97 Å². The Bertz CT molecular complexity index is 312. The second-order valence-corrected chi connectivity index (χ2v) is 3.10. The Morgan fingerprint density at radius 1 is 1.62 bits per heavy atom. The van der Waals surface area contributed by atoms with E-state index >= 15 is 0 Å². The first-order chi connectivity index (χ1) is 6.09. The van der Waals surface area contributed by atoms with E-state index in [2.05, 4.69) is 9.97 Å². The Kier molecular flexibility index (Phi) is 2.95. The topological polar surface area (TPSA) is 63.1 Å². The van der Waals surface area contributed by atoms with Gasteiger partial charge in [0.1, 0.15) is 0 Å². The molecule has 1 heterocycles. The molecule has 70 valence electrons. The van der Waals surface area contributed by atoms with Gasteiger partial charge in [0, 0.05) is 18.8 Å². The molecule has 13 heavy (non-hydrogen) atoms. The number of hydrogen-bond donors (Lipinski definition) is 1. The summed E-state index contributed by atoms with van der Waals surface area (Å²) in [7, 11) is 0. The van der Waals surface area contributed by atoms with Gasteiger partial charge in [-0.25, -0.2) is 0 Å². The Hall–Kier alpha value is -1.45. The summed E-state index contributed by atoms with van der Waals surface area (Å²) in [4.78, 5) is 18.7. The highest BCUT2D eigenvalue weighted by molar-refractivity contribution is 5.69. The van der Waals surface area contributed by atoms with Gasteiger partial charge in [0.15, 0.2) is 0 Å². The van der Waals surface area contributed by atoms with E-state index in [4.69, 9.17) is 5.11 Å². The van der Waals surface area contributed by atoms with E-state index in [1.54, 1.807) is 19.3 Å². The number of carbonyl (C=O) groups is 1. The lowest BCUT2D eigenvalue weighted by Crippen LogP contribution is -2.13. The summed E-state index contributed by atoms with van der Waals surface area (Å²) < 4.78 is 0. The predicted molar refractivity (Wildman–Crippen MR) is 47.3 cm³/mol. The van der Waals surface area contributed by atoms with Crippen molar-refractivity contribution in [1.82, 2.24) is 9.97 Å². The van der Waals surface area contributed by atoms with Crippen LogP contribution in [0.15, 0.2) is 12.4 Å². The minimum Gasteiger partial charge on any atom is -0.481 e. The molecule has 1 aromatic rings. The molecule has 1 rings (SSSR count). The standard InChI is InChI=1S/C9H12N2O2/c1-6(9(12)13)3-8-5-10-4-7(2)11-8/h4-6H,3H2,1-2H3,(H,12,13). The highest BCUT2D eigenvalue weighted by atomic mass is 16.4. The number of rotatable bonds is 3. The minimum atomic E-state index is -0.802. The number of aryl methyl sites for hydroxylation is 1. The predicted octanol–water partition coefficient (Wildman–Crippen LogP) is 1.05. The molecule has 1 unspecified atom stereocenters. The van der Waals surface area contributed by atoms with Crippen molar-refractivity contribution in [3.05, 3.63) is 23.8 Å². The molecule has 1 atom stereocenters. The van der Waals surface area contributed by atoms with E-state index in [1.807, 2.05) is 6.92 Å². The average Bonchev–Trinajstić information content (AvgIpc) is 2.04. The molecule has 4 heteroatoms. The van der Waals surface area contributed by atoms with Crippen molar-refractivity contribution in [2.75, 3.05) is 0 Å². The average molecular weight is 180 g/mol. The van der Waals surface area contributed by atoms with Crippen molar-refractivity contribution < 1.29 is 9.90 Å². The van der Waals surface area contributed by atoms with Crippen LogP contribution in [0.25, 0.3) is 0 Å². The fraction of sp³-hybridized carbons (Fsp3) is 0.444. The maximum atomic E-state index is 10.5. The molecule has 0 aliphatic rings. The van der Waals surface area contributed by atoms with E-state index in [0.29, 0.717) is 6.42 Å². The summed E-state index contributed by atoms with van der Waals surface area (Å²) in [6.07, 6.45) is 3.69. The fourth-order valence-corrected chi connectivity index (χ4v) is 1.01. The molecule has 1 N–H and O–H groups in total. The quantitative estimate of drug-likeness (QED) is 0.755. The molecular formula is C9H12N2O2. The molecular weight excluding hydrogens is 168 g/mol. The van der Waals surface area contributed by atoms with Gasteiger partial charge in [0.2, 0.25) is 0 Å². The van der Waals surface area contributed by atoms with Gasteiger partial charge in [-0.15, -0.1) is 0 Å². The number of hydrogen-bond acceptors (Lipinski definition) is 3. The summed E-state index contributed by atoms with van der Waals surface area (Å²) in [5, 5.41) is 8.66. The lowest BCUT2D eigenvalue weighted by molar-refractivity contribution is -0.141. The van der Waals surface area contributed by atoms with Crippen molar-refractivity contribution in [1.29, 1.82) is 0 Å². The van der Waals surface area contributed by atoms with Crippen LogP contribution in [-0.2, 0) is 11.2 Å². The van der Waals surface area contributed by atoms with Gasteiger partial charge in [-0.1, -0.05) is 6.92 Å². The van der Waals surface area contributed by atoms with Crippen molar-refractivity contribution >= 4 is 5.97 Å². The first-order valence-electron chi connectivity index (χ1n) is 4.10. The van der Waals surface area contributed by atoms with Gasteiger partial charge in [-0.2, -0.15) is 0 Å². The Labute approximate surface area is 76.7 Å². The summed E-state index contributed by atoms with van der Waals surface area (Å²) in [6, 6.07) is 0. The number of carboxylic acids is 1. The SMILES string of the molecule is Cc1cncc(CC(C)C(=O)O)n1. The maximum absolute atomic E-state index is 10.5. The molecule has 0 saturated carbocycles. The zero-order valence-corrected chi connectivity index (χ0v) is 7.69. The Morgan fingerprint density at radius 3 is 2.85 bits per heavy atom. The molecule has 0 bridgehead atoms. The van der Waals surface area contributed by atoms with Gasteiger partial charge < -0.3 is 5.11 Å². The van der Waals surface area contributed by atoms with Crippen LogP contribution in [0.2, 0.25) is 0 Å². The second-order valence-electron chi connectivity index (χ2n) is 3.10. The third-order valence-electron chi connectivity index (χ3n) is 1.74. The molecule has 0 fully saturated rings. The van der Waals surface area contributed by atoms with Crippen molar-refractivity contribution in [3.8, 4) is 0 Å². The number of aromatic nitrogens is 2. The number of carboxylic acid groups (broad SMARTS) is 1. The highest BCUT2D eigenvalue weighted by Gasteiger charge is 2.12. The molecule has 0 amide bonds. The van der Waals surface area contributed by atoms with E-state index in [1.165, 1.54) is 0 Å². The Balaban J connectivity index is 2.69. The van der Waals surface area contributed by atoms with Crippen LogP contribution in [0.4, 0.5) is 0 Å². The zero-order chi connectivity index (χ0) is 9.84. The normalized spacial score (nSPS) is 12.5. The molecule has 0 aliphatic carbocycles. The first kappa shape index (κ1) is 9.64. The monoisotopic (exact) mass is 180 g/mol. The van der Waals surface area contributed by atoms with Crippen molar-refractivity contribution in [3.63, 3.8) is 0 Å². The van der Waals surface area contributed by atoms with E-state index in [0.717, 1.165) is 11.4 Å². The van der Waals surface area contributed by atoms with Crippen LogP contribution in [0.1, 0.15) is 18.3 Å². The van der Waals surface area contributed by atoms with E-state index in [9.17, 15) is 4.79 Å². The summed E-state index contributed by atoms with van der Waals surface area (Å²) in [6.45, 7) is 3.49. The fourth-order valence-electron chi connectivity index (χ4n) is 1.01. The largest absolute Gasteiger partial charge is 0.481 e.